The van der Waals surface area contributed by atoms with Gasteiger partial charge in [0, 0.05) is 38.1 Å². The van der Waals surface area contributed by atoms with Crippen molar-refractivity contribution in [3.8, 4) is 0 Å². The third-order valence-corrected chi connectivity index (χ3v) is 4.97. The van der Waals surface area contributed by atoms with Crippen LogP contribution in [-0.4, -0.2) is 62.9 Å². The summed E-state index contributed by atoms with van der Waals surface area (Å²) in [5.41, 5.74) is 7.19. The number of carbonyl (C=O) groups excluding carboxylic acids is 1. The predicted molar refractivity (Wildman–Crippen MR) is 123 cm³/mol. The molecule has 1 aliphatic rings. The molecule has 0 atom stereocenters. The molecular formula is C22H28N8O2. The highest BCUT2D eigenvalue weighted by Gasteiger charge is 2.26. The zero-order valence-corrected chi connectivity index (χ0v) is 18.5. The van der Waals surface area contributed by atoms with Gasteiger partial charge in [-0.05, 0) is 57.2 Å². The summed E-state index contributed by atoms with van der Waals surface area (Å²) in [5, 5.41) is 6.87. The largest absolute Gasteiger partial charge is 0.444 e. The molecule has 0 spiro atoms. The van der Waals surface area contributed by atoms with E-state index in [4.69, 9.17) is 10.5 Å². The summed E-state index contributed by atoms with van der Waals surface area (Å²) in [6, 6.07) is 13.7. The Balaban J connectivity index is 1.47. The van der Waals surface area contributed by atoms with Crippen molar-refractivity contribution < 1.29 is 9.53 Å². The maximum absolute atomic E-state index is 12.3. The molecule has 10 nitrogen and oxygen atoms in total. The number of nitrogens with zero attached hydrogens (tertiary/aromatic N) is 6. The van der Waals surface area contributed by atoms with Crippen LogP contribution in [0.1, 0.15) is 20.8 Å². The van der Waals surface area contributed by atoms with Gasteiger partial charge in [0.25, 0.3) is 5.95 Å². The van der Waals surface area contributed by atoms with Crippen LogP contribution in [0.3, 0.4) is 0 Å². The number of anilines is 5. The second-order valence-corrected chi connectivity index (χ2v) is 8.51. The lowest BCUT2D eigenvalue weighted by Crippen LogP contribution is -2.50. The van der Waals surface area contributed by atoms with E-state index in [0.29, 0.717) is 24.9 Å². The summed E-state index contributed by atoms with van der Waals surface area (Å²) in [6.07, 6.45) is 1.46. The summed E-state index contributed by atoms with van der Waals surface area (Å²) in [7, 11) is 0. The minimum atomic E-state index is -0.489. The van der Waals surface area contributed by atoms with Gasteiger partial charge in [-0.15, -0.1) is 5.10 Å². The number of benzene rings is 1. The maximum Gasteiger partial charge on any atom is 0.410 e. The topological polar surface area (TPSA) is 116 Å². The van der Waals surface area contributed by atoms with Crippen LogP contribution in [0.15, 0.2) is 48.7 Å². The fraction of sp³-hybridized carbons (Fsp3) is 0.364. The number of aromatic nitrogens is 4. The third-order valence-electron chi connectivity index (χ3n) is 4.97. The average Bonchev–Trinajstić information content (AvgIpc) is 3.20. The minimum Gasteiger partial charge on any atom is -0.444 e. The van der Waals surface area contributed by atoms with Crippen molar-refractivity contribution in [2.75, 3.05) is 41.7 Å². The molecule has 168 valence electrons. The zero-order chi connectivity index (χ0) is 22.7. The number of aromatic amines is 1. The van der Waals surface area contributed by atoms with Crippen molar-refractivity contribution in [1.82, 2.24) is 25.1 Å². The van der Waals surface area contributed by atoms with Crippen LogP contribution in [0.4, 0.5) is 33.9 Å². The Morgan fingerprint density at radius 3 is 2.38 bits per heavy atom. The fourth-order valence-corrected chi connectivity index (χ4v) is 3.49. The Morgan fingerprint density at radius 1 is 1.09 bits per heavy atom. The number of hydrogen-bond donors (Lipinski definition) is 2. The number of piperazine rings is 1. The first-order valence-corrected chi connectivity index (χ1v) is 10.5. The lowest BCUT2D eigenvalue weighted by molar-refractivity contribution is 0.0240. The van der Waals surface area contributed by atoms with Crippen molar-refractivity contribution in [3.63, 3.8) is 0 Å². The third kappa shape index (κ3) is 4.90. The number of carbonyl (C=O) groups is 1. The van der Waals surface area contributed by atoms with Crippen molar-refractivity contribution in [2.24, 2.45) is 0 Å². The normalized spacial score (nSPS) is 14.3. The monoisotopic (exact) mass is 436 g/mol. The molecule has 10 heteroatoms. The molecule has 3 heterocycles. The van der Waals surface area contributed by atoms with E-state index >= 15 is 0 Å². The number of hydrogen-bond acceptors (Lipinski definition) is 8. The van der Waals surface area contributed by atoms with Gasteiger partial charge in [0.2, 0.25) is 5.95 Å². The molecule has 1 aliphatic heterocycles. The molecule has 3 N–H and O–H groups in total. The van der Waals surface area contributed by atoms with Gasteiger partial charge in [-0.25, -0.2) is 14.9 Å². The van der Waals surface area contributed by atoms with Gasteiger partial charge in [-0.3, -0.25) is 4.90 Å². The van der Waals surface area contributed by atoms with Crippen LogP contribution in [0.25, 0.3) is 0 Å². The number of nitrogen functional groups attached to an aromatic ring is 1. The molecule has 1 fully saturated rings. The molecule has 1 amide bonds. The highest BCUT2D eigenvalue weighted by atomic mass is 16.6. The molecular weight excluding hydrogens is 408 g/mol. The van der Waals surface area contributed by atoms with E-state index in [-0.39, 0.29) is 12.0 Å². The smallest absolute Gasteiger partial charge is 0.410 e. The molecule has 3 aromatic rings. The number of amides is 1. The second-order valence-electron chi connectivity index (χ2n) is 8.51. The van der Waals surface area contributed by atoms with Gasteiger partial charge in [0.05, 0.1) is 5.69 Å². The van der Waals surface area contributed by atoms with Crippen LogP contribution in [0.5, 0.6) is 0 Å². The Bertz CT molecular complexity index is 1040. The quantitative estimate of drug-likeness (QED) is 0.640. The average molecular weight is 437 g/mol. The molecule has 0 saturated carbocycles. The van der Waals surface area contributed by atoms with Crippen molar-refractivity contribution in [2.45, 2.75) is 26.4 Å². The van der Waals surface area contributed by atoms with Crippen LogP contribution in [0.2, 0.25) is 0 Å². The van der Waals surface area contributed by atoms with Gasteiger partial charge in [-0.2, -0.15) is 4.98 Å². The first-order chi connectivity index (χ1) is 15.3. The van der Waals surface area contributed by atoms with E-state index in [9.17, 15) is 4.79 Å². The van der Waals surface area contributed by atoms with E-state index in [1.165, 1.54) is 0 Å². The summed E-state index contributed by atoms with van der Waals surface area (Å²) in [4.78, 5) is 26.8. The van der Waals surface area contributed by atoms with E-state index in [1.54, 1.807) is 11.1 Å². The van der Waals surface area contributed by atoms with Crippen molar-refractivity contribution in [3.05, 3.63) is 48.7 Å². The molecule has 2 aromatic heterocycles. The lowest BCUT2D eigenvalue weighted by Gasteiger charge is -2.36. The van der Waals surface area contributed by atoms with Crippen LogP contribution < -0.4 is 15.5 Å². The molecule has 4 rings (SSSR count). The number of ether oxygens (including phenoxy) is 1. The first kappa shape index (κ1) is 21.4. The second kappa shape index (κ2) is 8.74. The van der Waals surface area contributed by atoms with Crippen LogP contribution in [-0.2, 0) is 4.74 Å². The Morgan fingerprint density at radius 2 is 1.81 bits per heavy atom. The molecule has 0 aliphatic carbocycles. The van der Waals surface area contributed by atoms with Crippen LogP contribution >= 0.6 is 0 Å². The molecule has 32 heavy (non-hydrogen) atoms. The van der Waals surface area contributed by atoms with Gasteiger partial charge < -0.3 is 20.3 Å². The van der Waals surface area contributed by atoms with Crippen molar-refractivity contribution in [1.29, 1.82) is 0 Å². The minimum absolute atomic E-state index is 0.236. The Kier molecular flexibility index (Phi) is 5.85. The molecule has 1 aromatic carbocycles. The number of nitrogens with one attached hydrogen (secondary N) is 1. The van der Waals surface area contributed by atoms with E-state index in [0.717, 1.165) is 24.5 Å². The molecule has 1 saturated heterocycles. The fourth-order valence-electron chi connectivity index (χ4n) is 3.49. The SMILES string of the molecule is CC(C)(C)OC(=O)N1CCN(c2ccc(N(c3ccccn3)c3n[nH]c(N)n3)cc2)CC1. The lowest BCUT2D eigenvalue weighted by atomic mass is 10.2. The molecule has 0 bridgehead atoms. The van der Waals surface area contributed by atoms with E-state index in [1.807, 2.05) is 68.1 Å². The highest BCUT2D eigenvalue weighted by molar-refractivity contribution is 5.72. The van der Waals surface area contributed by atoms with E-state index in [2.05, 4.69) is 25.1 Å². The maximum atomic E-state index is 12.3. The number of rotatable bonds is 4. The standard InChI is InChI=1S/C22H28N8O2/c1-22(2,3)32-21(31)29-14-12-28(13-15-29)16-7-9-17(10-8-16)30(18-6-4-5-11-24-18)20-25-19(23)26-27-20/h4-11H,12-15H2,1-3H3,(H3,23,25,26,27). The highest BCUT2D eigenvalue weighted by Crippen LogP contribution is 2.32. The van der Waals surface area contributed by atoms with Gasteiger partial charge in [0.15, 0.2) is 0 Å². The number of pyridine rings is 1. The van der Waals surface area contributed by atoms with Gasteiger partial charge >= 0.3 is 6.09 Å². The molecule has 0 radical (unpaired) electrons. The summed E-state index contributed by atoms with van der Waals surface area (Å²) in [5.74, 6) is 1.34. The zero-order valence-electron chi connectivity index (χ0n) is 18.5. The first-order valence-electron chi connectivity index (χ1n) is 10.5. The number of H-pyrrole nitrogens is 1. The van der Waals surface area contributed by atoms with Gasteiger partial charge in [0.1, 0.15) is 11.4 Å². The summed E-state index contributed by atoms with van der Waals surface area (Å²) >= 11 is 0. The predicted octanol–water partition coefficient (Wildman–Crippen LogP) is 3.31. The van der Waals surface area contributed by atoms with Crippen molar-refractivity contribution >= 4 is 35.2 Å². The van der Waals surface area contributed by atoms with E-state index < -0.39 is 5.60 Å². The number of nitrogens with two attached hydrogens (primary N) is 1. The van der Waals surface area contributed by atoms with Crippen LogP contribution in [0, 0.1) is 0 Å². The van der Waals surface area contributed by atoms with Gasteiger partial charge in [-0.1, -0.05) is 6.07 Å². The molecule has 0 unspecified atom stereocenters. The Hall–Kier alpha value is -3.82. The Labute approximate surface area is 187 Å². The summed E-state index contributed by atoms with van der Waals surface area (Å²) in [6.45, 7) is 8.35. The summed E-state index contributed by atoms with van der Waals surface area (Å²) < 4.78 is 5.48.